The van der Waals surface area contributed by atoms with Crippen LogP contribution in [0.2, 0.25) is 0 Å². The summed E-state index contributed by atoms with van der Waals surface area (Å²) in [5, 5.41) is 0. The van der Waals surface area contributed by atoms with E-state index in [2.05, 4.69) is 6.58 Å². The Morgan fingerprint density at radius 3 is 2.09 bits per heavy atom. The Kier molecular flexibility index (Phi) is 5.56. The van der Waals surface area contributed by atoms with E-state index in [9.17, 15) is 0 Å². The monoisotopic (exact) mass is 175 g/mol. The van der Waals surface area contributed by atoms with Gasteiger partial charge in [0, 0.05) is 0 Å². The van der Waals surface area contributed by atoms with Crippen LogP contribution in [0.5, 0.6) is 0 Å². The molecule has 0 N–H and O–H groups in total. The maximum atomic E-state index is 5.60. The van der Waals surface area contributed by atoms with Gasteiger partial charge in [-0.25, -0.2) is 0 Å². The van der Waals surface area contributed by atoms with E-state index in [0.717, 1.165) is 0 Å². The molecule has 0 aromatic rings. The van der Waals surface area contributed by atoms with E-state index in [-0.39, 0.29) is 0 Å². The number of hydrogen-bond donors (Lipinski definition) is 0. The van der Waals surface area contributed by atoms with Crippen LogP contribution in [0.3, 0.4) is 0 Å². The van der Waals surface area contributed by atoms with Crippen molar-refractivity contribution >= 4 is 15.4 Å². The highest BCUT2D eigenvalue weighted by Gasteiger charge is 2.37. The SMILES string of the molecule is [B][P+](OC=C)(OCC)OCC. The van der Waals surface area contributed by atoms with Gasteiger partial charge in [-0.15, -0.1) is 0 Å². The third-order valence-corrected chi connectivity index (χ3v) is 2.52. The standard InChI is InChI=1S/C6H13BO3P/c1-4-8-11(7,9-5-2)10-6-3/h4H,1,5-6H2,2-3H3/q+1. The van der Waals surface area contributed by atoms with Crippen molar-refractivity contribution in [1.29, 1.82) is 0 Å². The third-order valence-electron chi connectivity index (χ3n) is 0.840. The van der Waals surface area contributed by atoms with E-state index in [0.29, 0.717) is 13.2 Å². The van der Waals surface area contributed by atoms with Crippen LogP contribution in [0.1, 0.15) is 13.8 Å². The Labute approximate surface area is 69.7 Å². The zero-order valence-electron chi connectivity index (χ0n) is 6.95. The average molecular weight is 175 g/mol. The molecule has 11 heavy (non-hydrogen) atoms. The van der Waals surface area contributed by atoms with Gasteiger partial charge in [0.05, 0.1) is 13.2 Å². The highest BCUT2D eigenvalue weighted by Crippen LogP contribution is 2.57. The summed E-state index contributed by atoms with van der Waals surface area (Å²) in [5.41, 5.74) is 0. The first-order chi connectivity index (χ1) is 5.18. The van der Waals surface area contributed by atoms with Gasteiger partial charge in [-0.2, -0.15) is 9.05 Å². The Hall–Kier alpha value is -0.0451. The molecule has 2 radical (unpaired) electrons. The Morgan fingerprint density at radius 1 is 1.36 bits per heavy atom. The molecule has 0 aromatic heterocycles. The minimum absolute atomic E-state index is 0.470. The molecule has 0 unspecified atom stereocenters. The first kappa shape index (κ1) is 11.0. The summed E-state index contributed by atoms with van der Waals surface area (Å²) < 4.78 is 15.1. The van der Waals surface area contributed by atoms with Crippen LogP contribution < -0.4 is 0 Å². The molecule has 0 bridgehead atoms. The zero-order valence-corrected chi connectivity index (χ0v) is 7.84. The lowest BCUT2D eigenvalue weighted by Gasteiger charge is -2.16. The van der Waals surface area contributed by atoms with Gasteiger partial charge in [-0.1, -0.05) is 6.58 Å². The molecule has 5 heteroatoms. The largest absolute Gasteiger partial charge is 0.501 e. The van der Waals surface area contributed by atoms with Crippen molar-refractivity contribution < 1.29 is 13.6 Å². The van der Waals surface area contributed by atoms with Gasteiger partial charge in [0.2, 0.25) is 0 Å². The fourth-order valence-electron chi connectivity index (χ4n) is 0.562. The zero-order chi connectivity index (χ0) is 8.74. The smallest absolute Gasteiger partial charge is 0.317 e. The van der Waals surface area contributed by atoms with E-state index in [4.69, 9.17) is 21.1 Å². The first-order valence-electron chi connectivity index (χ1n) is 3.44. The summed E-state index contributed by atoms with van der Waals surface area (Å²) in [6.45, 7) is 7.97. The van der Waals surface area contributed by atoms with Gasteiger partial charge < -0.3 is 4.52 Å². The predicted octanol–water partition coefficient (Wildman–Crippen LogP) is 2.07. The van der Waals surface area contributed by atoms with Crippen molar-refractivity contribution in [2.45, 2.75) is 13.8 Å². The summed E-state index contributed by atoms with van der Waals surface area (Å²) in [6.07, 6.45) is 1.24. The molecule has 0 saturated carbocycles. The highest BCUT2D eigenvalue weighted by atomic mass is 31.2. The highest BCUT2D eigenvalue weighted by molar-refractivity contribution is 7.85. The van der Waals surface area contributed by atoms with Gasteiger partial charge in [0.1, 0.15) is 6.26 Å². The van der Waals surface area contributed by atoms with Crippen LogP contribution in [0.25, 0.3) is 0 Å². The van der Waals surface area contributed by atoms with Crippen LogP contribution in [0.15, 0.2) is 12.8 Å². The van der Waals surface area contributed by atoms with Crippen LogP contribution >= 0.6 is 7.82 Å². The van der Waals surface area contributed by atoms with Gasteiger partial charge in [-0.3, -0.25) is 0 Å². The first-order valence-corrected chi connectivity index (χ1v) is 5.05. The quantitative estimate of drug-likeness (QED) is 0.351. The molecule has 0 aliphatic carbocycles. The summed E-state index contributed by atoms with van der Waals surface area (Å²) >= 11 is 0. The molecule has 0 aliphatic heterocycles. The van der Waals surface area contributed by atoms with Crippen LogP contribution in [-0.2, 0) is 13.6 Å². The van der Waals surface area contributed by atoms with Gasteiger partial charge in [0.25, 0.3) is 0 Å². The molecule has 0 rings (SSSR count). The lowest BCUT2D eigenvalue weighted by molar-refractivity contribution is 0.198. The molecular formula is C6H13BO3P+. The summed E-state index contributed by atoms with van der Waals surface area (Å²) in [6, 6.07) is 0. The van der Waals surface area contributed by atoms with Crippen molar-refractivity contribution in [3.05, 3.63) is 12.8 Å². The second kappa shape index (κ2) is 5.59. The van der Waals surface area contributed by atoms with Crippen molar-refractivity contribution in [3.8, 4) is 0 Å². The molecule has 0 aliphatic rings. The summed E-state index contributed by atoms with van der Waals surface area (Å²) in [7, 11) is 3.02. The van der Waals surface area contributed by atoms with E-state index >= 15 is 0 Å². The molecule has 62 valence electrons. The van der Waals surface area contributed by atoms with Gasteiger partial charge in [-0.05, 0) is 13.8 Å². The predicted molar refractivity (Wildman–Crippen MR) is 47.2 cm³/mol. The lowest BCUT2D eigenvalue weighted by atomic mass is 10.8. The fraction of sp³-hybridized carbons (Fsp3) is 0.667. The topological polar surface area (TPSA) is 27.7 Å². The molecule has 3 nitrogen and oxygen atoms in total. The minimum Gasteiger partial charge on any atom is -0.317 e. The van der Waals surface area contributed by atoms with Crippen molar-refractivity contribution in [3.63, 3.8) is 0 Å². The Bertz CT molecular complexity index is 114. The minimum atomic E-state index is -2.59. The molecule has 0 amide bonds. The average Bonchev–Trinajstić information content (AvgIpc) is 1.88. The summed E-state index contributed by atoms with van der Waals surface area (Å²) in [5.74, 6) is 0. The number of hydrogen-bond acceptors (Lipinski definition) is 3. The van der Waals surface area contributed by atoms with E-state index in [1.165, 1.54) is 6.26 Å². The van der Waals surface area contributed by atoms with Gasteiger partial charge >= 0.3 is 15.4 Å². The third kappa shape index (κ3) is 4.41. The summed E-state index contributed by atoms with van der Waals surface area (Å²) in [4.78, 5) is 0. The maximum Gasteiger partial charge on any atom is 0.501 e. The lowest BCUT2D eigenvalue weighted by Crippen LogP contribution is -2.04. The number of rotatable bonds is 6. The molecular weight excluding hydrogens is 162 g/mol. The van der Waals surface area contributed by atoms with Crippen molar-refractivity contribution in [2.75, 3.05) is 13.2 Å². The second-order valence-corrected chi connectivity index (χ2v) is 3.45. The molecule has 0 fully saturated rings. The van der Waals surface area contributed by atoms with Crippen LogP contribution in [-0.4, -0.2) is 20.8 Å². The van der Waals surface area contributed by atoms with E-state index in [1.807, 2.05) is 13.8 Å². The Morgan fingerprint density at radius 2 is 1.82 bits per heavy atom. The Balaban J connectivity index is 3.88. The van der Waals surface area contributed by atoms with Gasteiger partial charge in [0.15, 0.2) is 0 Å². The van der Waals surface area contributed by atoms with Crippen LogP contribution in [0, 0.1) is 0 Å². The van der Waals surface area contributed by atoms with Crippen molar-refractivity contribution in [2.24, 2.45) is 0 Å². The van der Waals surface area contributed by atoms with E-state index in [1.54, 1.807) is 0 Å². The normalized spacial score (nSPS) is 11.1. The van der Waals surface area contributed by atoms with Crippen molar-refractivity contribution in [1.82, 2.24) is 0 Å². The molecule has 0 spiro atoms. The second-order valence-electron chi connectivity index (χ2n) is 1.65. The molecule has 0 atom stereocenters. The van der Waals surface area contributed by atoms with E-state index < -0.39 is 7.82 Å². The molecule has 0 aromatic carbocycles. The van der Waals surface area contributed by atoms with Crippen LogP contribution in [0.4, 0.5) is 0 Å². The molecule has 0 heterocycles. The molecule has 0 saturated heterocycles. The maximum absolute atomic E-state index is 5.60. The fourth-order valence-corrected chi connectivity index (χ4v) is 1.69.